The molecule has 2 atom stereocenters. The highest BCUT2D eigenvalue weighted by Crippen LogP contribution is 2.53. The number of ether oxygens (including phenoxy) is 1. The Morgan fingerprint density at radius 1 is 0.897 bits per heavy atom. The smallest absolute Gasteiger partial charge is 0.127 e. The molecule has 0 amide bonds. The molecule has 0 bridgehead atoms. The van der Waals surface area contributed by atoms with Gasteiger partial charge in [-0.05, 0) is 42.5 Å². The van der Waals surface area contributed by atoms with Gasteiger partial charge in [-0.25, -0.2) is 0 Å². The molecule has 29 heavy (non-hydrogen) atoms. The molecule has 2 unspecified atom stereocenters. The van der Waals surface area contributed by atoms with Crippen molar-refractivity contribution in [2.75, 3.05) is 20.7 Å². The van der Waals surface area contributed by atoms with Gasteiger partial charge in [-0.3, -0.25) is 0 Å². The van der Waals surface area contributed by atoms with Gasteiger partial charge < -0.3 is 9.64 Å². The van der Waals surface area contributed by atoms with Gasteiger partial charge in [-0.15, -0.1) is 0 Å². The first-order valence-corrected chi connectivity index (χ1v) is 11.4. The van der Waals surface area contributed by atoms with Crippen LogP contribution in [0.4, 0.5) is 0 Å². The third-order valence-electron chi connectivity index (χ3n) is 5.79. The lowest BCUT2D eigenvalue weighted by Crippen LogP contribution is -2.26. The van der Waals surface area contributed by atoms with Crippen LogP contribution in [0.15, 0.2) is 72.8 Å². The first-order valence-electron chi connectivity index (χ1n) is 10.4. The molecule has 0 radical (unpaired) electrons. The average Bonchev–Trinajstić information content (AvgIpc) is 3.10. The molecule has 150 valence electrons. The molecule has 2 nitrogen and oxygen atoms in total. The van der Waals surface area contributed by atoms with Crippen LogP contribution in [0.2, 0.25) is 0 Å². The van der Waals surface area contributed by atoms with E-state index in [0.717, 1.165) is 31.7 Å². The Morgan fingerprint density at radius 3 is 2.38 bits per heavy atom. The summed E-state index contributed by atoms with van der Waals surface area (Å²) in [6, 6.07) is 26.3. The van der Waals surface area contributed by atoms with Crippen molar-refractivity contribution in [3.63, 3.8) is 0 Å². The second kappa shape index (κ2) is 8.69. The van der Waals surface area contributed by atoms with Crippen LogP contribution in [0.1, 0.15) is 35.6 Å². The zero-order valence-electron chi connectivity index (χ0n) is 17.6. The number of para-hydroxylation sites is 1. The summed E-state index contributed by atoms with van der Waals surface area (Å²) < 4.78 is 6.40. The van der Waals surface area contributed by atoms with Gasteiger partial charge in [0.1, 0.15) is 12.4 Å². The minimum absolute atomic E-state index is 0.0739. The van der Waals surface area contributed by atoms with Gasteiger partial charge in [0.15, 0.2) is 0 Å². The van der Waals surface area contributed by atoms with Gasteiger partial charge >= 0.3 is 0 Å². The lowest BCUT2D eigenvalue weighted by Gasteiger charge is -2.28. The van der Waals surface area contributed by atoms with Crippen molar-refractivity contribution < 1.29 is 4.74 Å². The number of rotatable bonds is 7. The first-order chi connectivity index (χ1) is 14.1. The Bertz CT molecular complexity index is 969. The highest BCUT2D eigenvalue weighted by molar-refractivity contribution is 7.48. The second-order valence-corrected chi connectivity index (χ2v) is 9.95. The summed E-state index contributed by atoms with van der Waals surface area (Å²) in [5, 5.41) is 1.54. The van der Waals surface area contributed by atoms with E-state index in [0.29, 0.717) is 8.58 Å². The summed E-state index contributed by atoms with van der Waals surface area (Å²) in [4.78, 5) is 2.25. The maximum absolute atomic E-state index is 6.40. The van der Waals surface area contributed by atoms with Crippen molar-refractivity contribution in [2.24, 2.45) is 0 Å². The van der Waals surface area contributed by atoms with Gasteiger partial charge in [0.05, 0.1) is 5.16 Å². The van der Waals surface area contributed by atoms with Crippen LogP contribution in [-0.2, 0) is 18.1 Å². The molecular formula is C26H30NOP. The van der Waals surface area contributed by atoms with E-state index in [2.05, 4.69) is 98.7 Å². The molecule has 0 aromatic heterocycles. The Balaban J connectivity index is 1.67. The van der Waals surface area contributed by atoms with Crippen molar-refractivity contribution in [2.45, 2.75) is 31.5 Å². The summed E-state index contributed by atoms with van der Waals surface area (Å²) in [6.07, 6.45) is 2.01. The van der Waals surface area contributed by atoms with Gasteiger partial charge in [0, 0.05) is 18.5 Å². The first kappa shape index (κ1) is 20.1. The van der Waals surface area contributed by atoms with Gasteiger partial charge in [0.25, 0.3) is 0 Å². The molecule has 0 spiro atoms. The number of hydrogen-bond acceptors (Lipinski definition) is 2. The van der Waals surface area contributed by atoms with Gasteiger partial charge in [-0.1, -0.05) is 88.3 Å². The largest absolute Gasteiger partial charge is 0.492 e. The van der Waals surface area contributed by atoms with Crippen molar-refractivity contribution in [1.29, 1.82) is 0 Å². The summed E-state index contributed by atoms with van der Waals surface area (Å²) in [5.74, 6) is 1.12. The van der Waals surface area contributed by atoms with Crippen LogP contribution >= 0.6 is 8.58 Å². The molecule has 1 aliphatic heterocycles. The normalized spacial score (nSPS) is 18.3. The molecule has 0 fully saturated rings. The monoisotopic (exact) mass is 403 g/mol. The Kier molecular flexibility index (Phi) is 6.04. The maximum Gasteiger partial charge on any atom is 0.127 e. The lowest BCUT2D eigenvalue weighted by atomic mass is 9.94. The molecule has 0 saturated carbocycles. The molecule has 3 aromatic carbocycles. The van der Waals surface area contributed by atoms with E-state index in [9.17, 15) is 0 Å². The number of fused-ring (bicyclic) bond motifs is 1. The highest BCUT2D eigenvalue weighted by atomic mass is 31.1. The Morgan fingerprint density at radius 2 is 1.62 bits per heavy atom. The lowest BCUT2D eigenvalue weighted by molar-refractivity contribution is 0.311. The molecule has 3 heteroatoms. The van der Waals surface area contributed by atoms with Crippen LogP contribution < -0.4 is 10.0 Å². The minimum atomic E-state index is 0.0739. The van der Waals surface area contributed by atoms with Gasteiger partial charge in [0.2, 0.25) is 0 Å². The van der Waals surface area contributed by atoms with E-state index in [1.807, 2.05) is 0 Å². The van der Waals surface area contributed by atoms with E-state index in [-0.39, 0.29) is 5.16 Å². The van der Waals surface area contributed by atoms with Crippen LogP contribution in [0.3, 0.4) is 0 Å². The predicted octanol–water partition coefficient (Wildman–Crippen LogP) is 5.34. The van der Waals surface area contributed by atoms with Crippen LogP contribution in [0.5, 0.6) is 5.75 Å². The number of hydrogen-bond donors (Lipinski definition) is 0. The molecule has 4 rings (SSSR count). The molecule has 3 aromatic rings. The van der Waals surface area contributed by atoms with E-state index >= 15 is 0 Å². The summed E-state index contributed by atoms with van der Waals surface area (Å²) in [6.45, 7) is 4.06. The van der Waals surface area contributed by atoms with Crippen molar-refractivity contribution in [3.8, 4) is 5.75 Å². The molecule has 0 saturated heterocycles. The maximum atomic E-state index is 6.40. The number of benzene rings is 3. The zero-order chi connectivity index (χ0) is 20.3. The summed E-state index contributed by atoms with van der Waals surface area (Å²) >= 11 is 0. The van der Waals surface area contributed by atoms with Crippen molar-refractivity contribution in [1.82, 2.24) is 4.90 Å². The van der Waals surface area contributed by atoms with Crippen LogP contribution in [0, 0.1) is 0 Å². The van der Waals surface area contributed by atoms with Crippen LogP contribution in [0.25, 0.3) is 0 Å². The van der Waals surface area contributed by atoms with Crippen molar-refractivity contribution >= 4 is 13.9 Å². The fourth-order valence-electron chi connectivity index (χ4n) is 4.22. The average molecular weight is 404 g/mol. The van der Waals surface area contributed by atoms with E-state index < -0.39 is 0 Å². The predicted molar refractivity (Wildman–Crippen MR) is 125 cm³/mol. The minimum Gasteiger partial charge on any atom is -0.492 e. The fraction of sp³-hybridized carbons (Fsp3) is 0.308. The topological polar surface area (TPSA) is 12.5 Å². The zero-order valence-corrected chi connectivity index (χ0v) is 18.6. The third-order valence-corrected chi connectivity index (χ3v) is 7.80. The molecule has 0 aliphatic carbocycles. The SMILES string of the molecule is CCC1(Pc2ccccc2CN(C)C)COc2c(Cc3ccccc3)cccc21. The summed E-state index contributed by atoms with van der Waals surface area (Å²) in [5.41, 5.74) is 5.46. The van der Waals surface area contributed by atoms with E-state index in [4.69, 9.17) is 4.74 Å². The third kappa shape index (κ3) is 4.25. The molecule has 1 aliphatic rings. The molecular weight excluding hydrogens is 373 g/mol. The number of nitrogens with zero attached hydrogens (tertiary/aromatic N) is 1. The van der Waals surface area contributed by atoms with E-state index in [1.54, 1.807) is 0 Å². The standard InChI is InChI=1S/C26H30NOP/c1-4-26(29-24-16-9-8-13-22(24)18-27(2)3)19-28-25-21(14-10-15-23(25)26)17-20-11-6-5-7-12-20/h5-16,29H,4,17-19H2,1-3H3. The fourth-order valence-corrected chi connectivity index (χ4v) is 5.89. The quantitative estimate of drug-likeness (QED) is 0.494. The molecule has 0 N–H and O–H groups in total. The van der Waals surface area contributed by atoms with Gasteiger partial charge in [-0.2, -0.15) is 0 Å². The highest BCUT2D eigenvalue weighted by Gasteiger charge is 2.40. The second-order valence-electron chi connectivity index (χ2n) is 8.20. The van der Waals surface area contributed by atoms with Crippen LogP contribution in [-0.4, -0.2) is 25.6 Å². The Hall–Kier alpha value is -2.15. The summed E-state index contributed by atoms with van der Waals surface area (Å²) in [7, 11) is 4.98. The Labute approximate surface area is 176 Å². The van der Waals surface area contributed by atoms with E-state index in [1.165, 1.54) is 27.6 Å². The molecule has 1 heterocycles. The van der Waals surface area contributed by atoms with Crippen molar-refractivity contribution in [3.05, 3.63) is 95.1 Å².